The number of ether oxygens (including phenoxy) is 1. The molecule has 2 aliphatic rings. The minimum Gasteiger partial charge on any atom is -0.378 e. The molecule has 5 aromatic carbocycles. The van der Waals surface area contributed by atoms with E-state index in [4.69, 9.17) is 10.5 Å². The zero-order chi connectivity index (χ0) is 71.9. The monoisotopic (exact) mass is 1400 g/mol. The van der Waals surface area contributed by atoms with Gasteiger partial charge in [0.15, 0.2) is 0 Å². The van der Waals surface area contributed by atoms with Gasteiger partial charge in [0.25, 0.3) is 17.7 Å². The molecule has 106 heavy (non-hydrogen) atoms. The molecule has 0 spiro atoms. The number of fused-ring (bicyclic) bond motifs is 4. The predicted octanol–water partition coefficient (Wildman–Crippen LogP) is 14.2. The van der Waals surface area contributed by atoms with Gasteiger partial charge in [0.1, 0.15) is 22.6 Å². The van der Waals surface area contributed by atoms with Crippen molar-refractivity contribution >= 4 is 73.4 Å². The highest BCUT2D eigenvalue weighted by molar-refractivity contribution is 6.05. The summed E-state index contributed by atoms with van der Waals surface area (Å²) in [5, 5.41) is 37.4. The van der Waals surface area contributed by atoms with Crippen LogP contribution in [0, 0.1) is 0 Å². The van der Waals surface area contributed by atoms with Gasteiger partial charge < -0.3 is 45.9 Å². The molecule has 12 N–H and O–H groups in total. The summed E-state index contributed by atoms with van der Waals surface area (Å²) in [6.07, 6.45) is 31.8. The molecule has 0 atom stereocenters. The average molecular weight is 1400 g/mol. The molecule has 17 aromatic rings. The Hall–Kier alpha value is -14.5. The van der Waals surface area contributed by atoms with Gasteiger partial charge in [0.05, 0.1) is 38.0 Å². The van der Waals surface area contributed by atoms with Gasteiger partial charge >= 0.3 is 0 Å². The number of pyridine rings is 4. The van der Waals surface area contributed by atoms with Gasteiger partial charge in [0, 0.05) is 210 Å². The van der Waals surface area contributed by atoms with Crippen molar-refractivity contribution in [1.29, 1.82) is 0 Å². The number of aromatic amines is 8. The van der Waals surface area contributed by atoms with Gasteiger partial charge in [0.2, 0.25) is 5.91 Å². The van der Waals surface area contributed by atoms with E-state index in [0.29, 0.717) is 54.6 Å². The third-order valence-electron chi connectivity index (χ3n) is 18.5. The molecule has 13 heterocycles. The Kier molecular flexibility index (Phi) is 18.5. The van der Waals surface area contributed by atoms with Gasteiger partial charge in [-0.25, -0.2) is 19.9 Å². The van der Waals surface area contributed by atoms with Crippen LogP contribution in [0.4, 0.5) is 5.69 Å². The van der Waals surface area contributed by atoms with E-state index in [0.717, 1.165) is 152 Å². The SMILES string of the molecule is NC(=O)c1ccc(-c2cnc3[nH]cc(-c4cn[nH]c4)c3c2)cc1.O=C(NC1CC1)c1ccc(-c2cnc3[nH]cc(-c4cn[nH]c4)c3c2)cc1.O=C(Nc1ccccc1)c1ccc(-c2cnc3[nH]cc(-c4cn[nH]c4)c3c2)cc1.O=C(c1ccc(-c2cnc3[nH]cc(-c4cn[nH]c4)c3c2)cc1)N1CCOCC1. The molecular formula is C81H66N20O5. The summed E-state index contributed by atoms with van der Waals surface area (Å²) in [5.41, 5.74) is 28.0. The van der Waals surface area contributed by atoms with E-state index in [2.05, 4.69) is 116 Å². The van der Waals surface area contributed by atoms with Crippen molar-refractivity contribution in [2.24, 2.45) is 5.73 Å². The lowest BCUT2D eigenvalue weighted by atomic mass is 10.0. The lowest BCUT2D eigenvalue weighted by Gasteiger charge is -2.26. The molecular weight excluding hydrogens is 1330 g/mol. The highest BCUT2D eigenvalue weighted by Crippen LogP contribution is 2.36. The van der Waals surface area contributed by atoms with Gasteiger partial charge in [-0.05, 0) is 120 Å². The number of hydrogen-bond acceptors (Lipinski definition) is 13. The molecule has 2 fully saturated rings. The number of rotatable bonds is 14. The second-order valence-corrected chi connectivity index (χ2v) is 25.4. The molecule has 19 rings (SSSR count). The number of H-pyrrole nitrogens is 8. The maximum Gasteiger partial charge on any atom is 0.255 e. The molecule has 0 bridgehead atoms. The number of nitrogens with one attached hydrogen (secondary N) is 10. The van der Waals surface area contributed by atoms with Crippen molar-refractivity contribution in [2.45, 2.75) is 18.9 Å². The number of amides is 4. The maximum atomic E-state index is 12.6. The van der Waals surface area contributed by atoms with Crippen molar-refractivity contribution < 1.29 is 23.9 Å². The standard InChI is InChI=1S/C23H17N5O.C21H19N5O2.C20H17N5O.C17H13N5O/c29-23(28-19-4-2-1-3-5-19)16-8-6-15(7-9-16)17-10-20-21(18-12-26-27-13-18)14-25-22(20)24-11-17;27-21(26-5-7-28-8-6-26)15-3-1-14(2-4-15)16-9-18-19(17-11-24-25-12-17)13-23-20(18)22-10-16;26-20(25-16-5-6-16)13-3-1-12(2-4-13)14-7-17-18(15-9-23-24-10-15)11-22-19(17)21-8-14;18-16(23)11-3-1-10(2-4-11)12-5-14-15(13-7-21-22-8-13)9-20-17(14)19-6-12/h1-14H,(H,24,25)(H,26,27)(H,28,29);1-4,9-13H,5-8H2,(H,22,23)(H,24,25);1-4,7-11,16H,5-6H2,(H,21,22)(H,23,24)(H,25,26);1-9H,(H2,18,23)(H,19,20)(H,21,22). The quantitative estimate of drug-likeness (QED) is 0.0483. The fourth-order valence-electron chi connectivity index (χ4n) is 12.6. The van der Waals surface area contributed by atoms with Crippen molar-refractivity contribution in [3.63, 3.8) is 0 Å². The highest BCUT2D eigenvalue weighted by Gasteiger charge is 2.24. The second kappa shape index (κ2) is 29.6. The van der Waals surface area contributed by atoms with E-state index in [1.54, 1.807) is 43.1 Å². The summed E-state index contributed by atoms with van der Waals surface area (Å²) >= 11 is 0. The summed E-state index contributed by atoms with van der Waals surface area (Å²) < 4.78 is 5.32. The number of carbonyl (C=O) groups excluding carboxylic acids is 4. The van der Waals surface area contributed by atoms with Crippen LogP contribution in [0.1, 0.15) is 54.3 Å². The molecule has 1 saturated heterocycles. The number of hydrogen-bond donors (Lipinski definition) is 11. The maximum absolute atomic E-state index is 12.6. The summed E-state index contributed by atoms with van der Waals surface area (Å²) in [6.45, 7) is 2.49. The smallest absolute Gasteiger partial charge is 0.255 e. The largest absolute Gasteiger partial charge is 0.378 e. The van der Waals surface area contributed by atoms with Crippen LogP contribution in [-0.4, -0.2) is 142 Å². The Morgan fingerprint density at radius 3 is 1.05 bits per heavy atom. The Morgan fingerprint density at radius 2 is 0.717 bits per heavy atom. The van der Waals surface area contributed by atoms with Gasteiger partial charge in [-0.2, -0.15) is 20.4 Å². The summed E-state index contributed by atoms with van der Waals surface area (Å²) in [7, 11) is 0. The summed E-state index contributed by atoms with van der Waals surface area (Å²) in [5.74, 6) is -0.515. The van der Waals surface area contributed by atoms with E-state index >= 15 is 0 Å². The summed E-state index contributed by atoms with van der Waals surface area (Å²) in [6, 6.07) is 48.2. The second-order valence-electron chi connectivity index (χ2n) is 25.4. The zero-order valence-electron chi connectivity index (χ0n) is 56.6. The first-order valence-corrected chi connectivity index (χ1v) is 34.2. The van der Waals surface area contributed by atoms with Gasteiger partial charge in [-0.1, -0.05) is 66.7 Å². The number of nitrogens with two attached hydrogens (primary N) is 1. The van der Waals surface area contributed by atoms with Gasteiger partial charge in [-0.15, -0.1) is 0 Å². The van der Waals surface area contributed by atoms with Crippen LogP contribution < -0.4 is 16.4 Å². The Labute approximate surface area is 603 Å². The highest BCUT2D eigenvalue weighted by atomic mass is 16.5. The Morgan fingerprint density at radius 1 is 0.377 bits per heavy atom. The number of aromatic nitrogens is 16. The lowest BCUT2D eigenvalue weighted by Crippen LogP contribution is -2.40. The average Bonchev–Trinajstić information content (AvgIpc) is 1.63. The normalized spacial score (nSPS) is 12.6. The zero-order valence-corrected chi connectivity index (χ0v) is 56.6. The third-order valence-corrected chi connectivity index (χ3v) is 18.5. The minimum absolute atomic E-state index is 0.000468. The Balaban J connectivity index is 0.000000109. The van der Waals surface area contributed by atoms with E-state index in [9.17, 15) is 19.2 Å². The number of nitrogens with zero attached hydrogens (tertiary/aromatic N) is 9. The van der Waals surface area contributed by atoms with Crippen LogP contribution in [0.3, 0.4) is 0 Å². The molecule has 25 nitrogen and oxygen atoms in total. The number of morpholine rings is 1. The molecule has 0 radical (unpaired) electrons. The lowest BCUT2D eigenvalue weighted by molar-refractivity contribution is 0.0303. The first kappa shape index (κ1) is 66.1. The minimum atomic E-state index is -0.432. The predicted molar refractivity (Wildman–Crippen MR) is 407 cm³/mol. The summed E-state index contributed by atoms with van der Waals surface area (Å²) in [4.78, 5) is 81.0. The van der Waals surface area contributed by atoms with Crippen LogP contribution in [0.5, 0.6) is 0 Å². The number of carbonyl (C=O) groups is 4. The molecule has 1 aliphatic carbocycles. The van der Waals surface area contributed by atoms with Crippen LogP contribution in [0.25, 0.3) is 133 Å². The number of primary amides is 1. The van der Waals surface area contributed by atoms with Crippen LogP contribution in [0.15, 0.2) is 251 Å². The fraction of sp³-hybridized carbons (Fsp3) is 0.0864. The first-order valence-electron chi connectivity index (χ1n) is 34.2. The molecule has 0 unspecified atom stereocenters. The van der Waals surface area contributed by atoms with E-state index in [1.165, 1.54) is 0 Å². The Bertz CT molecular complexity index is 5900. The molecule has 12 aromatic heterocycles. The van der Waals surface area contributed by atoms with Crippen LogP contribution in [-0.2, 0) is 4.74 Å². The van der Waals surface area contributed by atoms with Crippen molar-refractivity contribution in [2.75, 3.05) is 31.6 Å². The first-order chi connectivity index (χ1) is 52.1. The third kappa shape index (κ3) is 14.4. The number of anilines is 1. The van der Waals surface area contributed by atoms with Crippen molar-refractivity contribution in [1.82, 2.24) is 90.9 Å². The van der Waals surface area contributed by atoms with E-state index in [1.807, 2.05) is 188 Å². The molecule has 520 valence electrons. The van der Waals surface area contributed by atoms with Crippen LogP contribution >= 0.6 is 0 Å². The molecule has 1 aliphatic heterocycles. The number of para-hydroxylation sites is 1. The fourth-order valence-corrected chi connectivity index (χ4v) is 12.6. The molecule has 1 saturated carbocycles. The topological polar surface area (TPSA) is 360 Å². The van der Waals surface area contributed by atoms with E-state index < -0.39 is 5.91 Å². The van der Waals surface area contributed by atoms with Crippen molar-refractivity contribution in [3.8, 4) is 89.0 Å². The van der Waals surface area contributed by atoms with Crippen LogP contribution in [0.2, 0.25) is 0 Å². The van der Waals surface area contributed by atoms with Crippen molar-refractivity contribution in [3.05, 3.63) is 273 Å². The molecule has 4 amide bonds. The molecule has 25 heteroatoms. The van der Waals surface area contributed by atoms with E-state index in [-0.39, 0.29) is 17.7 Å². The van der Waals surface area contributed by atoms with Gasteiger partial charge in [-0.3, -0.25) is 39.6 Å². The number of benzene rings is 5.